The summed E-state index contributed by atoms with van der Waals surface area (Å²) >= 11 is 11.7. The molecule has 0 bridgehead atoms. The SMILES string of the molecule is CC(=O)O.CCNc1c(Cl)cccc1Cl. The van der Waals surface area contributed by atoms with Crippen LogP contribution in [0.25, 0.3) is 0 Å². The van der Waals surface area contributed by atoms with Gasteiger partial charge in [-0.25, -0.2) is 0 Å². The first-order chi connectivity index (χ1) is 6.99. The minimum absolute atomic E-state index is 0.666. The molecule has 0 unspecified atom stereocenters. The van der Waals surface area contributed by atoms with Crippen LogP contribution in [0.3, 0.4) is 0 Å². The first-order valence-corrected chi connectivity index (χ1v) is 5.12. The molecule has 0 aliphatic carbocycles. The molecule has 0 fully saturated rings. The summed E-state index contributed by atoms with van der Waals surface area (Å²) in [5.74, 6) is -0.833. The lowest BCUT2D eigenvalue weighted by atomic mass is 10.3. The highest BCUT2D eigenvalue weighted by atomic mass is 35.5. The van der Waals surface area contributed by atoms with E-state index in [2.05, 4.69) is 5.32 Å². The van der Waals surface area contributed by atoms with Gasteiger partial charge in [-0.2, -0.15) is 0 Å². The van der Waals surface area contributed by atoms with Gasteiger partial charge in [-0.15, -0.1) is 0 Å². The average Bonchev–Trinajstić information content (AvgIpc) is 2.11. The molecule has 0 atom stereocenters. The molecule has 3 nitrogen and oxygen atoms in total. The van der Waals surface area contributed by atoms with Crippen LogP contribution >= 0.6 is 23.2 Å². The van der Waals surface area contributed by atoms with Crippen molar-refractivity contribution in [2.24, 2.45) is 0 Å². The van der Waals surface area contributed by atoms with Crippen LogP contribution in [-0.4, -0.2) is 17.6 Å². The topological polar surface area (TPSA) is 49.3 Å². The van der Waals surface area contributed by atoms with E-state index in [0.717, 1.165) is 19.2 Å². The maximum atomic E-state index is 9.00. The number of nitrogens with one attached hydrogen (secondary N) is 1. The number of carbonyl (C=O) groups is 1. The number of hydrogen-bond acceptors (Lipinski definition) is 2. The largest absolute Gasteiger partial charge is 0.481 e. The zero-order valence-electron chi connectivity index (χ0n) is 8.55. The van der Waals surface area contributed by atoms with Crippen LogP contribution in [0.15, 0.2) is 18.2 Å². The van der Waals surface area contributed by atoms with E-state index in [1.807, 2.05) is 25.1 Å². The van der Waals surface area contributed by atoms with E-state index in [9.17, 15) is 0 Å². The normalized spacial score (nSPS) is 8.80. The lowest BCUT2D eigenvalue weighted by Crippen LogP contribution is -1.97. The van der Waals surface area contributed by atoms with Crippen molar-refractivity contribution < 1.29 is 9.90 Å². The molecule has 0 aliphatic heterocycles. The molecule has 1 aromatic carbocycles. The zero-order valence-corrected chi connectivity index (χ0v) is 10.1. The molecular formula is C10H13Cl2NO2. The molecule has 0 aromatic heterocycles. The molecule has 0 spiro atoms. The molecule has 2 N–H and O–H groups in total. The summed E-state index contributed by atoms with van der Waals surface area (Å²) in [4.78, 5) is 9.00. The van der Waals surface area contributed by atoms with Crippen LogP contribution < -0.4 is 5.32 Å². The van der Waals surface area contributed by atoms with E-state index >= 15 is 0 Å². The minimum Gasteiger partial charge on any atom is -0.481 e. The number of carboxylic acid groups (broad SMARTS) is 1. The third kappa shape index (κ3) is 6.20. The maximum Gasteiger partial charge on any atom is 0.300 e. The Morgan fingerprint density at radius 1 is 1.40 bits per heavy atom. The molecule has 1 rings (SSSR count). The number of rotatable bonds is 2. The monoisotopic (exact) mass is 249 g/mol. The van der Waals surface area contributed by atoms with Crippen molar-refractivity contribution in [3.8, 4) is 0 Å². The highest BCUT2D eigenvalue weighted by Crippen LogP contribution is 2.29. The summed E-state index contributed by atoms with van der Waals surface area (Å²) in [6.07, 6.45) is 0. The second kappa shape index (κ2) is 7.37. The number of benzene rings is 1. The van der Waals surface area contributed by atoms with Gasteiger partial charge in [0.25, 0.3) is 5.97 Å². The van der Waals surface area contributed by atoms with Gasteiger partial charge in [0.05, 0.1) is 15.7 Å². The van der Waals surface area contributed by atoms with Gasteiger partial charge >= 0.3 is 0 Å². The molecular weight excluding hydrogens is 237 g/mol. The molecule has 84 valence electrons. The lowest BCUT2D eigenvalue weighted by molar-refractivity contribution is -0.134. The zero-order chi connectivity index (χ0) is 11.8. The number of hydrogen-bond donors (Lipinski definition) is 2. The van der Waals surface area contributed by atoms with Gasteiger partial charge < -0.3 is 10.4 Å². The average molecular weight is 250 g/mol. The third-order valence-electron chi connectivity index (χ3n) is 1.32. The van der Waals surface area contributed by atoms with E-state index < -0.39 is 5.97 Å². The molecule has 0 aliphatic rings. The summed E-state index contributed by atoms with van der Waals surface area (Å²) in [6.45, 7) is 3.91. The van der Waals surface area contributed by atoms with E-state index in [1.54, 1.807) is 0 Å². The molecule has 15 heavy (non-hydrogen) atoms. The van der Waals surface area contributed by atoms with Crippen molar-refractivity contribution in [1.82, 2.24) is 0 Å². The quantitative estimate of drug-likeness (QED) is 0.844. The van der Waals surface area contributed by atoms with Crippen molar-refractivity contribution in [2.75, 3.05) is 11.9 Å². The predicted molar refractivity (Wildman–Crippen MR) is 63.9 cm³/mol. The molecule has 0 saturated carbocycles. The minimum atomic E-state index is -0.833. The molecule has 1 aromatic rings. The Labute approximate surface area is 99.0 Å². The fourth-order valence-electron chi connectivity index (χ4n) is 0.843. The van der Waals surface area contributed by atoms with Gasteiger partial charge in [0.2, 0.25) is 0 Å². The van der Waals surface area contributed by atoms with Crippen LogP contribution in [0.1, 0.15) is 13.8 Å². The fourth-order valence-corrected chi connectivity index (χ4v) is 1.37. The van der Waals surface area contributed by atoms with Crippen LogP contribution in [-0.2, 0) is 4.79 Å². The summed E-state index contributed by atoms with van der Waals surface area (Å²) in [7, 11) is 0. The smallest absolute Gasteiger partial charge is 0.300 e. The van der Waals surface area contributed by atoms with E-state index in [4.69, 9.17) is 33.1 Å². The number of anilines is 1. The van der Waals surface area contributed by atoms with Crippen LogP contribution in [0.2, 0.25) is 10.0 Å². The molecule has 0 saturated heterocycles. The molecule has 0 amide bonds. The van der Waals surface area contributed by atoms with Crippen LogP contribution in [0.4, 0.5) is 5.69 Å². The van der Waals surface area contributed by atoms with Gasteiger partial charge in [0.15, 0.2) is 0 Å². The highest BCUT2D eigenvalue weighted by Gasteiger charge is 2.01. The standard InChI is InChI=1S/C8H9Cl2N.C2H4O2/c1-2-11-8-6(9)4-3-5-7(8)10;1-2(3)4/h3-5,11H,2H2,1H3;1H3,(H,3,4). The summed E-state index contributed by atoms with van der Waals surface area (Å²) in [5.41, 5.74) is 0.818. The Bertz CT molecular complexity index is 305. The van der Waals surface area contributed by atoms with E-state index in [0.29, 0.717) is 10.0 Å². The number of para-hydroxylation sites is 1. The Morgan fingerprint density at radius 3 is 2.13 bits per heavy atom. The Morgan fingerprint density at radius 2 is 1.80 bits per heavy atom. The molecule has 0 radical (unpaired) electrons. The van der Waals surface area contributed by atoms with E-state index in [1.165, 1.54) is 0 Å². The van der Waals surface area contributed by atoms with Gasteiger partial charge in [-0.1, -0.05) is 29.3 Å². The number of halogens is 2. The van der Waals surface area contributed by atoms with E-state index in [-0.39, 0.29) is 0 Å². The van der Waals surface area contributed by atoms with Crippen LogP contribution in [0, 0.1) is 0 Å². The highest BCUT2D eigenvalue weighted by molar-refractivity contribution is 6.39. The first kappa shape index (κ1) is 14.1. The van der Waals surface area contributed by atoms with Crippen LogP contribution in [0.5, 0.6) is 0 Å². The fraction of sp³-hybridized carbons (Fsp3) is 0.300. The molecule has 5 heteroatoms. The van der Waals surface area contributed by atoms with Crippen molar-refractivity contribution >= 4 is 34.9 Å². The van der Waals surface area contributed by atoms with Gasteiger partial charge in [-0.3, -0.25) is 4.79 Å². The summed E-state index contributed by atoms with van der Waals surface area (Å²) in [6, 6.07) is 5.45. The van der Waals surface area contributed by atoms with Gasteiger partial charge in [0, 0.05) is 13.5 Å². The van der Waals surface area contributed by atoms with Crippen molar-refractivity contribution in [3.05, 3.63) is 28.2 Å². The van der Waals surface area contributed by atoms with Crippen molar-refractivity contribution in [1.29, 1.82) is 0 Å². The molecule has 0 heterocycles. The van der Waals surface area contributed by atoms with Crippen molar-refractivity contribution in [2.45, 2.75) is 13.8 Å². The Hall–Kier alpha value is -0.930. The summed E-state index contributed by atoms with van der Waals surface area (Å²) < 4.78 is 0. The lowest BCUT2D eigenvalue weighted by Gasteiger charge is -2.06. The number of aliphatic carboxylic acids is 1. The second-order valence-corrected chi connectivity index (χ2v) is 3.46. The third-order valence-corrected chi connectivity index (χ3v) is 1.95. The van der Waals surface area contributed by atoms with Crippen molar-refractivity contribution in [3.63, 3.8) is 0 Å². The van der Waals surface area contributed by atoms with Gasteiger partial charge in [0.1, 0.15) is 0 Å². The predicted octanol–water partition coefficient (Wildman–Crippen LogP) is 3.52. The Balaban J connectivity index is 0.000000423. The first-order valence-electron chi connectivity index (χ1n) is 4.36. The number of carboxylic acids is 1. The second-order valence-electron chi connectivity index (χ2n) is 2.65. The Kier molecular flexibility index (Phi) is 6.92. The summed E-state index contributed by atoms with van der Waals surface area (Å²) in [5, 5.41) is 11.8. The van der Waals surface area contributed by atoms with Gasteiger partial charge in [-0.05, 0) is 19.1 Å². The maximum absolute atomic E-state index is 9.00.